The number of carbonyl (C=O) groups is 2. The van der Waals surface area contributed by atoms with E-state index in [-0.39, 0.29) is 11.4 Å². The van der Waals surface area contributed by atoms with Crippen LogP contribution in [0.15, 0.2) is 35.6 Å². The van der Waals surface area contributed by atoms with Gasteiger partial charge in [0, 0.05) is 18.7 Å². The molecule has 154 valence electrons. The molecule has 2 heterocycles. The van der Waals surface area contributed by atoms with Gasteiger partial charge in [-0.25, -0.2) is 4.98 Å². The first-order valence-electron chi connectivity index (χ1n) is 9.26. The summed E-state index contributed by atoms with van der Waals surface area (Å²) in [5.74, 6) is -0.875. The van der Waals surface area contributed by atoms with Crippen LogP contribution in [-0.2, 0) is 4.79 Å². The summed E-state index contributed by atoms with van der Waals surface area (Å²) in [5, 5.41) is 11.5. The van der Waals surface area contributed by atoms with Gasteiger partial charge in [0.2, 0.25) is 5.78 Å². The molecule has 0 spiro atoms. The molecule has 1 aliphatic heterocycles. The van der Waals surface area contributed by atoms with Crippen LogP contribution in [0.5, 0.6) is 5.75 Å². The maximum atomic E-state index is 13.4. The average molecular weight is 416 g/mol. The zero-order chi connectivity index (χ0) is 21.3. The number of aryl methyl sites for hydroxylation is 2. The fourth-order valence-corrected chi connectivity index (χ4v) is 4.38. The van der Waals surface area contributed by atoms with Gasteiger partial charge in [-0.1, -0.05) is 18.2 Å². The largest absolute Gasteiger partial charge is 0.503 e. The first-order valence-corrected chi connectivity index (χ1v) is 10.1. The van der Waals surface area contributed by atoms with Crippen LogP contribution in [0.2, 0.25) is 0 Å². The van der Waals surface area contributed by atoms with Gasteiger partial charge in [-0.05, 0) is 34.0 Å². The number of ketones is 1. The lowest BCUT2D eigenvalue weighted by Gasteiger charge is -2.28. The fraction of sp³-hybridized carbons (Fsp3) is 0.381. The average Bonchev–Trinajstić information content (AvgIpc) is 3.15. The Morgan fingerprint density at radius 2 is 2.00 bits per heavy atom. The van der Waals surface area contributed by atoms with Crippen LogP contribution in [0.3, 0.4) is 0 Å². The van der Waals surface area contributed by atoms with Gasteiger partial charge in [0.25, 0.3) is 5.91 Å². The molecule has 7 nitrogen and oxygen atoms in total. The number of aliphatic hydroxyl groups excluding tert-OH is 1. The van der Waals surface area contributed by atoms with Crippen LogP contribution in [0, 0.1) is 13.8 Å². The SMILES string of the molecule is COc1ccccc1[C@@H]1C(C(=O)c2sc(C)nc2C)=C(O)C(=O)N1CCN(C)C. The zero-order valence-electron chi connectivity index (χ0n) is 17.2. The first-order chi connectivity index (χ1) is 13.8. The number of ether oxygens (including phenoxy) is 1. The number of amides is 1. The zero-order valence-corrected chi connectivity index (χ0v) is 18.0. The van der Waals surface area contributed by atoms with E-state index >= 15 is 0 Å². The van der Waals surface area contributed by atoms with Crippen LogP contribution >= 0.6 is 11.3 Å². The number of nitrogens with zero attached hydrogens (tertiary/aromatic N) is 3. The summed E-state index contributed by atoms with van der Waals surface area (Å²) in [5.41, 5.74) is 1.33. The molecule has 0 fully saturated rings. The summed E-state index contributed by atoms with van der Waals surface area (Å²) in [4.78, 5) is 34.6. The van der Waals surface area contributed by atoms with Gasteiger partial charge < -0.3 is 19.6 Å². The van der Waals surface area contributed by atoms with Crippen molar-refractivity contribution in [3.05, 3.63) is 56.7 Å². The van der Waals surface area contributed by atoms with E-state index in [1.165, 1.54) is 16.2 Å². The second-order valence-electron chi connectivity index (χ2n) is 7.19. The van der Waals surface area contributed by atoms with Crippen molar-refractivity contribution in [3.63, 3.8) is 0 Å². The molecule has 0 unspecified atom stereocenters. The topological polar surface area (TPSA) is 83.0 Å². The van der Waals surface area contributed by atoms with Crippen molar-refractivity contribution in [2.45, 2.75) is 19.9 Å². The second kappa shape index (κ2) is 8.34. The van der Waals surface area contributed by atoms with Crippen molar-refractivity contribution < 1.29 is 19.4 Å². The third kappa shape index (κ3) is 3.90. The van der Waals surface area contributed by atoms with Crippen molar-refractivity contribution in [2.24, 2.45) is 0 Å². The minimum Gasteiger partial charge on any atom is -0.503 e. The highest BCUT2D eigenvalue weighted by Gasteiger charge is 2.45. The maximum Gasteiger partial charge on any atom is 0.290 e. The van der Waals surface area contributed by atoms with E-state index in [2.05, 4.69) is 4.98 Å². The summed E-state index contributed by atoms with van der Waals surface area (Å²) < 4.78 is 5.49. The molecule has 1 amide bonds. The number of likely N-dealkylation sites (N-methyl/N-ethyl adjacent to an activating group) is 1. The van der Waals surface area contributed by atoms with E-state index < -0.39 is 17.7 Å². The highest BCUT2D eigenvalue weighted by molar-refractivity contribution is 7.14. The molecule has 8 heteroatoms. The molecule has 0 saturated carbocycles. The maximum absolute atomic E-state index is 13.4. The number of para-hydroxylation sites is 1. The molecule has 29 heavy (non-hydrogen) atoms. The molecule has 1 atom stereocenters. The Bertz CT molecular complexity index is 980. The van der Waals surface area contributed by atoms with Crippen LogP contribution in [0.25, 0.3) is 0 Å². The number of hydrogen-bond acceptors (Lipinski definition) is 7. The van der Waals surface area contributed by atoms with E-state index in [1.807, 2.05) is 44.1 Å². The third-order valence-corrected chi connectivity index (χ3v) is 5.95. The molecule has 3 rings (SSSR count). The summed E-state index contributed by atoms with van der Waals surface area (Å²) in [7, 11) is 5.35. The van der Waals surface area contributed by atoms with Gasteiger partial charge in [-0.2, -0.15) is 0 Å². The van der Waals surface area contributed by atoms with Gasteiger partial charge in [0.1, 0.15) is 5.75 Å². The van der Waals surface area contributed by atoms with Crippen molar-refractivity contribution in [3.8, 4) is 5.75 Å². The van der Waals surface area contributed by atoms with E-state index in [4.69, 9.17) is 4.74 Å². The lowest BCUT2D eigenvalue weighted by Crippen LogP contribution is -2.36. The molecule has 0 bridgehead atoms. The minimum atomic E-state index is -0.729. The van der Waals surface area contributed by atoms with Crippen molar-refractivity contribution in [1.82, 2.24) is 14.8 Å². The minimum absolute atomic E-state index is 0.0741. The molecule has 2 aromatic rings. The lowest BCUT2D eigenvalue weighted by atomic mass is 9.94. The van der Waals surface area contributed by atoms with E-state index in [9.17, 15) is 14.7 Å². The van der Waals surface area contributed by atoms with E-state index in [1.54, 1.807) is 20.1 Å². The molecule has 1 aliphatic rings. The number of aromatic nitrogens is 1. The number of thiazole rings is 1. The fourth-order valence-electron chi connectivity index (χ4n) is 3.50. The summed E-state index contributed by atoms with van der Waals surface area (Å²) >= 11 is 1.26. The molecule has 0 aliphatic carbocycles. The number of Topliss-reactive ketones (excluding diaryl/α,β-unsaturated/α-hetero) is 1. The van der Waals surface area contributed by atoms with Crippen LogP contribution in [0.1, 0.15) is 32.0 Å². The van der Waals surface area contributed by atoms with Gasteiger partial charge in [0.15, 0.2) is 5.76 Å². The second-order valence-corrected chi connectivity index (χ2v) is 8.39. The number of rotatable bonds is 7. The number of benzene rings is 1. The lowest BCUT2D eigenvalue weighted by molar-refractivity contribution is -0.129. The summed E-state index contributed by atoms with van der Waals surface area (Å²) in [6.07, 6.45) is 0. The van der Waals surface area contributed by atoms with Crippen molar-refractivity contribution in [1.29, 1.82) is 0 Å². The number of hydrogen-bond donors (Lipinski definition) is 1. The molecule has 0 saturated heterocycles. The summed E-state index contributed by atoms with van der Waals surface area (Å²) in [6.45, 7) is 4.53. The Morgan fingerprint density at radius 1 is 1.31 bits per heavy atom. The predicted molar refractivity (Wildman–Crippen MR) is 112 cm³/mol. The molecule has 1 aromatic heterocycles. The van der Waals surface area contributed by atoms with Crippen LogP contribution < -0.4 is 4.74 Å². The highest BCUT2D eigenvalue weighted by Crippen LogP contribution is 2.42. The Hall–Kier alpha value is -2.71. The highest BCUT2D eigenvalue weighted by atomic mass is 32.1. The number of methoxy groups -OCH3 is 1. The van der Waals surface area contributed by atoms with Gasteiger partial charge >= 0.3 is 0 Å². The normalized spacial score (nSPS) is 16.8. The summed E-state index contributed by atoms with van der Waals surface area (Å²) in [6, 6.07) is 6.52. The Morgan fingerprint density at radius 3 is 2.59 bits per heavy atom. The van der Waals surface area contributed by atoms with Crippen LogP contribution in [-0.4, -0.2) is 65.9 Å². The van der Waals surface area contributed by atoms with Gasteiger partial charge in [-0.15, -0.1) is 11.3 Å². The smallest absolute Gasteiger partial charge is 0.290 e. The Balaban J connectivity index is 2.14. The van der Waals surface area contributed by atoms with Gasteiger partial charge in [-0.3, -0.25) is 9.59 Å². The third-order valence-electron chi connectivity index (χ3n) is 4.88. The van der Waals surface area contributed by atoms with Crippen molar-refractivity contribution in [2.75, 3.05) is 34.3 Å². The number of carbonyl (C=O) groups excluding carboxylic acids is 2. The standard InChI is InChI=1S/C21H25N3O4S/c1-12-20(29-13(2)22-12)18(25)16-17(14-8-6-7-9-15(14)28-5)24(11-10-23(3)4)21(27)19(16)26/h6-9,17,26H,10-11H2,1-5H3/t17-/m1/s1. The molecule has 0 radical (unpaired) electrons. The van der Waals surface area contributed by atoms with E-state index in [0.29, 0.717) is 35.0 Å². The molecular formula is C21H25N3O4S. The van der Waals surface area contributed by atoms with Crippen molar-refractivity contribution >= 4 is 23.0 Å². The molecule has 1 aromatic carbocycles. The number of aliphatic hydroxyl groups is 1. The molecule has 1 N–H and O–H groups in total. The molecular weight excluding hydrogens is 390 g/mol. The monoisotopic (exact) mass is 415 g/mol. The quantitative estimate of drug-likeness (QED) is 0.700. The Labute approximate surface area is 174 Å². The van der Waals surface area contributed by atoms with Gasteiger partial charge in [0.05, 0.1) is 34.3 Å². The Kier molecular flexibility index (Phi) is 6.04. The van der Waals surface area contributed by atoms with Crippen LogP contribution in [0.4, 0.5) is 0 Å². The first kappa shape index (κ1) is 21.0. The van der Waals surface area contributed by atoms with E-state index in [0.717, 1.165) is 5.01 Å². The predicted octanol–water partition coefficient (Wildman–Crippen LogP) is 2.91.